The molecule has 0 bridgehead atoms. The Kier molecular flexibility index (Phi) is 2.78. The Morgan fingerprint density at radius 1 is 1.43 bits per heavy atom. The van der Waals surface area contributed by atoms with E-state index >= 15 is 0 Å². The van der Waals surface area contributed by atoms with Gasteiger partial charge in [-0.1, -0.05) is 0 Å². The molecule has 0 saturated heterocycles. The highest BCUT2D eigenvalue weighted by Gasteiger charge is 2.18. The molecule has 3 N–H and O–H groups in total. The molecule has 5 heteroatoms. The predicted molar refractivity (Wildman–Crippen MR) is 58.4 cm³/mol. The third-order valence-corrected chi connectivity index (χ3v) is 1.89. The van der Waals surface area contributed by atoms with Crippen LogP contribution in [0, 0.1) is 0 Å². The Morgan fingerprint density at radius 3 is 2.71 bits per heavy atom. The molecule has 2 aromatic rings. The summed E-state index contributed by atoms with van der Waals surface area (Å²) >= 11 is 0. The minimum atomic E-state index is -0.432. The van der Waals surface area contributed by atoms with Crippen molar-refractivity contribution in [3.05, 3.63) is 24.3 Å². The van der Waals surface area contributed by atoms with E-state index in [4.69, 9.17) is 5.73 Å². The summed E-state index contributed by atoms with van der Waals surface area (Å²) in [5.41, 5.74) is 7.31. The fraction of sp³-hybridized carbons (Fsp3) is 0.333. The number of fused-ring (bicyclic) bond motifs is 1. The summed E-state index contributed by atoms with van der Waals surface area (Å²) < 4.78 is 0. The van der Waals surface area contributed by atoms with Crippen LogP contribution in [0.3, 0.4) is 0 Å². The molecule has 2 heterocycles. The van der Waals surface area contributed by atoms with E-state index in [2.05, 4.69) is 15.0 Å². The molecule has 2 rings (SSSR count). The number of aromatic amines is 1. The van der Waals surface area contributed by atoms with Gasteiger partial charge in [-0.25, -0.2) is 4.98 Å². The second kappa shape index (κ2) is 3.55. The normalized spacial score (nSPS) is 11.4. The lowest BCUT2D eigenvalue weighted by Crippen LogP contribution is -2.30. The van der Waals surface area contributed by atoms with Crippen molar-refractivity contribution < 1.29 is 0 Å². The zero-order valence-electron chi connectivity index (χ0n) is 8.11. The van der Waals surface area contributed by atoms with Crippen LogP contribution in [-0.4, -0.2) is 15.0 Å². The van der Waals surface area contributed by atoms with E-state index < -0.39 is 5.54 Å². The van der Waals surface area contributed by atoms with E-state index in [1.807, 2.05) is 19.9 Å². The summed E-state index contributed by atoms with van der Waals surface area (Å²) in [6.45, 7) is 3.83. The van der Waals surface area contributed by atoms with Gasteiger partial charge in [0.05, 0.1) is 22.8 Å². The number of halogens is 1. The molecule has 14 heavy (non-hydrogen) atoms. The summed E-state index contributed by atoms with van der Waals surface area (Å²) in [6.07, 6.45) is 3.47. The second-order valence-corrected chi connectivity index (χ2v) is 3.70. The van der Waals surface area contributed by atoms with Gasteiger partial charge in [0.25, 0.3) is 0 Å². The molecule has 0 aliphatic carbocycles. The van der Waals surface area contributed by atoms with E-state index in [1.165, 1.54) is 0 Å². The number of imidazole rings is 1. The monoisotopic (exact) mass is 212 g/mol. The number of pyridine rings is 1. The van der Waals surface area contributed by atoms with Gasteiger partial charge >= 0.3 is 0 Å². The van der Waals surface area contributed by atoms with Crippen LogP contribution in [0.2, 0.25) is 0 Å². The van der Waals surface area contributed by atoms with E-state index in [1.54, 1.807) is 12.4 Å². The summed E-state index contributed by atoms with van der Waals surface area (Å²) in [7, 11) is 0. The van der Waals surface area contributed by atoms with Gasteiger partial charge in [-0.2, -0.15) is 0 Å². The lowest BCUT2D eigenvalue weighted by molar-refractivity contribution is 0.522. The van der Waals surface area contributed by atoms with Crippen molar-refractivity contribution >= 4 is 23.4 Å². The predicted octanol–water partition coefficient (Wildman–Crippen LogP) is 1.57. The van der Waals surface area contributed by atoms with Gasteiger partial charge in [0.2, 0.25) is 0 Å². The molecule has 0 unspecified atom stereocenters. The molecule has 0 aliphatic rings. The summed E-state index contributed by atoms with van der Waals surface area (Å²) in [6, 6.07) is 1.86. The lowest BCUT2D eigenvalue weighted by Gasteiger charge is -2.13. The quantitative estimate of drug-likeness (QED) is 0.754. The minimum Gasteiger partial charge on any atom is -0.339 e. The molecular weight excluding hydrogens is 200 g/mol. The molecule has 0 spiro atoms. The van der Waals surface area contributed by atoms with Gasteiger partial charge in [0.1, 0.15) is 5.82 Å². The van der Waals surface area contributed by atoms with Crippen LogP contribution in [-0.2, 0) is 5.54 Å². The minimum absolute atomic E-state index is 0. The highest BCUT2D eigenvalue weighted by Crippen LogP contribution is 2.16. The SMILES string of the molecule is CC(C)(N)c1nc2ccncc2[nH]1.Cl. The van der Waals surface area contributed by atoms with Crippen molar-refractivity contribution in [1.82, 2.24) is 15.0 Å². The van der Waals surface area contributed by atoms with E-state index in [-0.39, 0.29) is 12.4 Å². The van der Waals surface area contributed by atoms with Crippen LogP contribution in [0.1, 0.15) is 19.7 Å². The Morgan fingerprint density at radius 2 is 2.14 bits per heavy atom. The Balaban J connectivity index is 0.000000980. The molecule has 76 valence electrons. The fourth-order valence-electron chi connectivity index (χ4n) is 1.16. The van der Waals surface area contributed by atoms with Crippen molar-refractivity contribution in [2.75, 3.05) is 0 Å². The number of nitrogens with one attached hydrogen (secondary N) is 1. The average molecular weight is 213 g/mol. The van der Waals surface area contributed by atoms with Gasteiger partial charge in [-0.3, -0.25) is 4.98 Å². The topological polar surface area (TPSA) is 67.6 Å². The maximum Gasteiger partial charge on any atom is 0.126 e. The van der Waals surface area contributed by atoms with Gasteiger partial charge in [-0.05, 0) is 19.9 Å². The Labute approximate surface area is 88.3 Å². The molecule has 0 aromatic carbocycles. The van der Waals surface area contributed by atoms with Gasteiger partial charge < -0.3 is 10.7 Å². The number of nitrogens with zero attached hydrogens (tertiary/aromatic N) is 2. The van der Waals surface area contributed by atoms with E-state index in [9.17, 15) is 0 Å². The summed E-state index contributed by atoms with van der Waals surface area (Å²) in [5, 5.41) is 0. The van der Waals surface area contributed by atoms with Crippen molar-refractivity contribution in [2.45, 2.75) is 19.4 Å². The van der Waals surface area contributed by atoms with Gasteiger partial charge in [0, 0.05) is 6.20 Å². The zero-order chi connectivity index (χ0) is 9.47. The smallest absolute Gasteiger partial charge is 0.126 e. The van der Waals surface area contributed by atoms with Crippen molar-refractivity contribution in [3.8, 4) is 0 Å². The largest absolute Gasteiger partial charge is 0.339 e. The molecule has 4 nitrogen and oxygen atoms in total. The van der Waals surface area contributed by atoms with Crippen molar-refractivity contribution in [2.24, 2.45) is 5.73 Å². The second-order valence-electron chi connectivity index (χ2n) is 3.70. The Bertz CT molecular complexity index is 397. The van der Waals surface area contributed by atoms with Crippen LogP contribution < -0.4 is 5.73 Å². The fourth-order valence-corrected chi connectivity index (χ4v) is 1.16. The first kappa shape index (κ1) is 10.9. The number of hydrogen-bond donors (Lipinski definition) is 2. The zero-order valence-corrected chi connectivity index (χ0v) is 8.93. The molecule has 0 fully saturated rings. The first-order valence-corrected chi connectivity index (χ1v) is 4.16. The number of nitrogens with two attached hydrogens (primary N) is 1. The molecular formula is C9H13ClN4. The lowest BCUT2D eigenvalue weighted by atomic mass is 10.1. The summed E-state index contributed by atoms with van der Waals surface area (Å²) in [4.78, 5) is 11.5. The van der Waals surface area contributed by atoms with Gasteiger partial charge in [-0.15, -0.1) is 12.4 Å². The van der Waals surface area contributed by atoms with Crippen LogP contribution in [0.15, 0.2) is 18.5 Å². The van der Waals surface area contributed by atoms with E-state index in [0.717, 1.165) is 16.9 Å². The number of H-pyrrole nitrogens is 1. The maximum atomic E-state index is 5.91. The first-order valence-electron chi connectivity index (χ1n) is 4.16. The third-order valence-electron chi connectivity index (χ3n) is 1.89. The third kappa shape index (κ3) is 1.86. The number of rotatable bonds is 1. The molecule has 0 amide bonds. The number of aromatic nitrogens is 3. The summed E-state index contributed by atoms with van der Waals surface area (Å²) in [5.74, 6) is 0.788. The molecule has 0 radical (unpaired) electrons. The highest BCUT2D eigenvalue weighted by atomic mass is 35.5. The van der Waals surface area contributed by atoms with Crippen molar-refractivity contribution in [1.29, 1.82) is 0 Å². The first-order chi connectivity index (χ1) is 6.07. The molecule has 2 aromatic heterocycles. The van der Waals surface area contributed by atoms with Gasteiger partial charge in [0.15, 0.2) is 0 Å². The van der Waals surface area contributed by atoms with Crippen LogP contribution in [0.4, 0.5) is 0 Å². The van der Waals surface area contributed by atoms with E-state index in [0.29, 0.717) is 0 Å². The van der Waals surface area contributed by atoms with Crippen LogP contribution >= 0.6 is 12.4 Å². The maximum absolute atomic E-state index is 5.91. The Hall–Kier alpha value is -1.13. The highest BCUT2D eigenvalue weighted by molar-refractivity contribution is 5.85. The molecule has 0 aliphatic heterocycles. The number of hydrogen-bond acceptors (Lipinski definition) is 3. The molecule has 0 atom stereocenters. The van der Waals surface area contributed by atoms with Crippen molar-refractivity contribution in [3.63, 3.8) is 0 Å². The molecule has 0 saturated carbocycles. The van der Waals surface area contributed by atoms with Crippen LogP contribution in [0.5, 0.6) is 0 Å². The standard InChI is InChI=1S/C9H12N4.ClH/c1-9(2,10)8-12-6-3-4-11-5-7(6)13-8;/h3-5H,10H2,1-2H3,(H,12,13);1H. The average Bonchev–Trinajstić information content (AvgIpc) is 2.45. The van der Waals surface area contributed by atoms with Crippen LogP contribution in [0.25, 0.3) is 11.0 Å².